The van der Waals surface area contributed by atoms with Crippen molar-refractivity contribution < 1.29 is 19.0 Å². The zero-order chi connectivity index (χ0) is 26.0. The molecule has 0 bridgehead atoms. The highest BCUT2D eigenvalue weighted by atomic mass is 16.6. The summed E-state index contributed by atoms with van der Waals surface area (Å²) >= 11 is 0. The summed E-state index contributed by atoms with van der Waals surface area (Å²) in [6.45, 7) is 5.58. The normalized spacial score (nSPS) is 21.2. The van der Waals surface area contributed by atoms with Crippen LogP contribution in [-0.2, 0) is 17.6 Å². The predicted molar refractivity (Wildman–Crippen MR) is 138 cm³/mol. The lowest BCUT2D eigenvalue weighted by atomic mass is 9.86. The van der Waals surface area contributed by atoms with Crippen molar-refractivity contribution in [2.75, 3.05) is 7.11 Å². The lowest BCUT2D eigenvalue weighted by Gasteiger charge is -2.28. The molecule has 3 heterocycles. The maximum Gasteiger partial charge on any atom is 0.407 e. The van der Waals surface area contributed by atoms with E-state index in [1.165, 1.54) is 0 Å². The van der Waals surface area contributed by atoms with E-state index in [1.807, 2.05) is 51.1 Å². The van der Waals surface area contributed by atoms with Gasteiger partial charge < -0.3 is 19.5 Å². The largest absolute Gasteiger partial charge is 0.497 e. The molecule has 1 N–H and O–H groups in total. The molecule has 1 atom stereocenters. The average Bonchev–Trinajstić information content (AvgIpc) is 3.20. The number of nitrogens with one attached hydrogen (secondary N) is 1. The van der Waals surface area contributed by atoms with Gasteiger partial charge in [0, 0.05) is 30.6 Å². The number of amides is 1. The molecule has 196 valence electrons. The fourth-order valence-electron chi connectivity index (χ4n) is 5.22. The Labute approximate surface area is 217 Å². The van der Waals surface area contributed by atoms with Gasteiger partial charge in [0.05, 0.1) is 12.8 Å². The van der Waals surface area contributed by atoms with Crippen LogP contribution >= 0.6 is 0 Å². The lowest BCUT2D eigenvalue weighted by molar-refractivity contribution is 0.0504. The number of nitrogens with zero attached hydrogens (tertiary/aromatic N) is 4. The first-order valence-electron chi connectivity index (χ1n) is 13.0. The second kappa shape index (κ2) is 10.4. The van der Waals surface area contributed by atoms with Gasteiger partial charge in [0.25, 0.3) is 0 Å². The molecule has 5 rings (SSSR count). The molecule has 1 aromatic carbocycles. The third kappa shape index (κ3) is 5.87. The summed E-state index contributed by atoms with van der Waals surface area (Å²) < 4.78 is 19.3. The second-order valence-corrected chi connectivity index (χ2v) is 10.8. The first-order chi connectivity index (χ1) is 17.8. The van der Waals surface area contributed by atoms with E-state index in [9.17, 15) is 4.79 Å². The molecule has 0 radical (unpaired) electrons. The first-order valence-corrected chi connectivity index (χ1v) is 13.0. The standard InChI is InChI=1S/C28H35N5O4/c1-28(2,3)37-27(34)30-20-15-19-16-22(35-4)12-13-23(19)33-24(17-20)31-32-26(33)18-8-10-21(11-9-18)36-25-7-5-6-14-29-25/h5-7,12-14,16,18,20-21H,8-11,15,17H2,1-4H3,(H,30,34)/t18-,20?,21-. The summed E-state index contributed by atoms with van der Waals surface area (Å²) in [6, 6.07) is 11.6. The molecular formula is C28H35N5O4. The Hall–Kier alpha value is -3.62. The summed E-state index contributed by atoms with van der Waals surface area (Å²) in [5.41, 5.74) is 1.55. The van der Waals surface area contributed by atoms with Gasteiger partial charge >= 0.3 is 6.09 Å². The van der Waals surface area contributed by atoms with Crippen molar-refractivity contribution in [2.24, 2.45) is 0 Å². The van der Waals surface area contributed by atoms with Gasteiger partial charge in [-0.05, 0) is 82.7 Å². The molecule has 9 heteroatoms. The van der Waals surface area contributed by atoms with Gasteiger partial charge in [0.1, 0.15) is 29.1 Å². The minimum atomic E-state index is -0.567. The minimum absolute atomic E-state index is 0.150. The van der Waals surface area contributed by atoms with E-state index >= 15 is 0 Å². The molecule has 1 aliphatic heterocycles. The Balaban J connectivity index is 1.38. The first kappa shape index (κ1) is 25.0. The summed E-state index contributed by atoms with van der Waals surface area (Å²) in [5.74, 6) is 3.53. The fraction of sp³-hybridized carbons (Fsp3) is 0.500. The smallest absolute Gasteiger partial charge is 0.407 e. The molecule has 2 aromatic heterocycles. The summed E-state index contributed by atoms with van der Waals surface area (Å²) in [5, 5.41) is 12.3. The predicted octanol–water partition coefficient (Wildman–Crippen LogP) is 4.77. The van der Waals surface area contributed by atoms with Crippen LogP contribution in [-0.4, -0.2) is 50.7 Å². The van der Waals surface area contributed by atoms with Crippen molar-refractivity contribution in [3.05, 3.63) is 59.8 Å². The number of rotatable bonds is 5. The van der Waals surface area contributed by atoms with E-state index < -0.39 is 11.7 Å². The van der Waals surface area contributed by atoms with Gasteiger partial charge in [-0.25, -0.2) is 9.78 Å². The zero-order valence-electron chi connectivity index (χ0n) is 21.9. The number of carbonyl (C=O) groups is 1. The minimum Gasteiger partial charge on any atom is -0.497 e. The molecule has 1 fully saturated rings. The van der Waals surface area contributed by atoms with Crippen LogP contribution in [0.25, 0.3) is 5.69 Å². The fourth-order valence-corrected chi connectivity index (χ4v) is 5.22. The Kier molecular flexibility index (Phi) is 7.04. The number of pyridine rings is 1. The Morgan fingerprint density at radius 3 is 2.57 bits per heavy atom. The lowest BCUT2D eigenvalue weighted by Crippen LogP contribution is -2.41. The van der Waals surface area contributed by atoms with Gasteiger partial charge in [-0.2, -0.15) is 0 Å². The molecule has 37 heavy (non-hydrogen) atoms. The topological polar surface area (TPSA) is 100 Å². The van der Waals surface area contributed by atoms with Crippen LogP contribution in [0.4, 0.5) is 4.79 Å². The monoisotopic (exact) mass is 505 g/mol. The number of hydrogen-bond donors (Lipinski definition) is 1. The molecule has 1 saturated carbocycles. The number of carbonyl (C=O) groups excluding carboxylic acids is 1. The molecule has 3 aromatic rings. The van der Waals surface area contributed by atoms with Gasteiger partial charge in [0.2, 0.25) is 5.88 Å². The third-order valence-corrected chi connectivity index (χ3v) is 6.86. The van der Waals surface area contributed by atoms with E-state index in [-0.39, 0.29) is 18.1 Å². The number of ether oxygens (including phenoxy) is 3. The number of hydrogen-bond acceptors (Lipinski definition) is 7. The maximum atomic E-state index is 12.6. The second-order valence-electron chi connectivity index (χ2n) is 10.8. The molecule has 1 aliphatic carbocycles. The molecule has 1 unspecified atom stereocenters. The highest BCUT2D eigenvalue weighted by molar-refractivity contribution is 5.68. The van der Waals surface area contributed by atoms with Crippen molar-refractivity contribution in [1.82, 2.24) is 25.1 Å². The number of aromatic nitrogens is 4. The zero-order valence-corrected chi connectivity index (χ0v) is 21.9. The van der Waals surface area contributed by atoms with Crippen molar-refractivity contribution in [3.8, 4) is 17.3 Å². The summed E-state index contributed by atoms with van der Waals surface area (Å²) in [6.07, 6.45) is 6.45. The highest BCUT2D eigenvalue weighted by Gasteiger charge is 2.32. The van der Waals surface area contributed by atoms with Gasteiger partial charge in [-0.1, -0.05) is 6.07 Å². The third-order valence-electron chi connectivity index (χ3n) is 6.86. The van der Waals surface area contributed by atoms with Crippen LogP contribution in [0.3, 0.4) is 0 Å². The van der Waals surface area contributed by atoms with E-state index in [0.29, 0.717) is 18.7 Å². The van der Waals surface area contributed by atoms with Crippen LogP contribution < -0.4 is 14.8 Å². The Bertz CT molecular complexity index is 1230. The van der Waals surface area contributed by atoms with Crippen molar-refractivity contribution >= 4 is 6.09 Å². The summed E-state index contributed by atoms with van der Waals surface area (Å²) in [4.78, 5) is 16.9. The molecular weight excluding hydrogens is 470 g/mol. The number of alkyl carbamates (subject to hydrolysis) is 1. The highest BCUT2D eigenvalue weighted by Crippen LogP contribution is 2.37. The SMILES string of the molecule is COc1ccc2c(c1)CC(NC(=O)OC(C)(C)C)Cc1nnc([C@H]3CC[C@H](Oc4ccccn4)CC3)n1-2. The molecule has 2 aliphatic rings. The van der Waals surface area contributed by atoms with Gasteiger partial charge in [0.15, 0.2) is 0 Å². The molecule has 9 nitrogen and oxygen atoms in total. The maximum absolute atomic E-state index is 12.6. The Morgan fingerprint density at radius 2 is 1.86 bits per heavy atom. The number of methoxy groups -OCH3 is 1. The summed E-state index contributed by atoms with van der Waals surface area (Å²) in [7, 11) is 1.66. The van der Waals surface area contributed by atoms with Gasteiger partial charge in [-0.3, -0.25) is 4.57 Å². The van der Waals surface area contributed by atoms with Crippen LogP contribution in [0.5, 0.6) is 11.6 Å². The number of fused-ring (bicyclic) bond motifs is 3. The quantitative estimate of drug-likeness (QED) is 0.533. The van der Waals surface area contributed by atoms with Crippen LogP contribution in [0, 0.1) is 0 Å². The van der Waals surface area contributed by atoms with Crippen molar-refractivity contribution in [1.29, 1.82) is 0 Å². The molecule has 0 saturated heterocycles. The van der Waals surface area contributed by atoms with Crippen molar-refractivity contribution in [2.45, 2.75) is 83.0 Å². The number of benzene rings is 1. The van der Waals surface area contributed by atoms with E-state index in [1.54, 1.807) is 13.3 Å². The van der Waals surface area contributed by atoms with Crippen LogP contribution in [0.15, 0.2) is 42.6 Å². The van der Waals surface area contributed by atoms with Crippen molar-refractivity contribution in [3.63, 3.8) is 0 Å². The van der Waals surface area contributed by atoms with E-state index in [2.05, 4.69) is 31.1 Å². The Morgan fingerprint density at radius 1 is 1.05 bits per heavy atom. The van der Waals surface area contributed by atoms with Crippen LogP contribution in [0.1, 0.15) is 69.6 Å². The van der Waals surface area contributed by atoms with E-state index in [0.717, 1.165) is 54.3 Å². The molecule has 0 spiro atoms. The van der Waals surface area contributed by atoms with E-state index in [4.69, 9.17) is 14.2 Å². The van der Waals surface area contributed by atoms with Gasteiger partial charge in [-0.15, -0.1) is 10.2 Å². The average molecular weight is 506 g/mol. The molecule has 1 amide bonds. The van der Waals surface area contributed by atoms with Crippen LogP contribution in [0.2, 0.25) is 0 Å².